The van der Waals surface area contributed by atoms with E-state index in [0.29, 0.717) is 6.04 Å². The van der Waals surface area contributed by atoms with Crippen molar-refractivity contribution >= 4 is 10.8 Å². The number of nitrogens with one attached hydrogen (secondary N) is 1. The molecule has 1 fully saturated rings. The second-order valence-electron chi connectivity index (χ2n) is 4.85. The van der Waals surface area contributed by atoms with Crippen LogP contribution in [0.4, 0.5) is 0 Å². The van der Waals surface area contributed by atoms with Crippen LogP contribution in [0.5, 0.6) is 0 Å². The fraction of sp³-hybridized carbons (Fsp3) is 1.00. The van der Waals surface area contributed by atoms with E-state index < -0.39 is 10.8 Å². The van der Waals surface area contributed by atoms with Crippen molar-refractivity contribution in [2.75, 3.05) is 18.6 Å². The Balaban J connectivity index is 2.20. The fourth-order valence-corrected chi connectivity index (χ4v) is 2.93. The molecule has 0 saturated heterocycles. The van der Waals surface area contributed by atoms with Gasteiger partial charge in [0.1, 0.15) is 0 Å². The highest BCUT2D eigenvalue weighted by Crippen LogP contribution is 2.28. The second-order valence-corrected chi connectivity index (χ2v) is 6.40. The number of rotatable bonds is 4. The smallest absolute Gasteiger partial charge is 0.0357 e. The molecule has 14 heavy (non-hydrogen) atoms. The van der Waals surface area contributed by atoms with Gasteiger partial charge in [0.25, 0.3) is 0 Å². The first kappa shape index (κ1) is 12.2. The third kappa shape index (κ3) is 4.56. The molecule has 0 amide bonds. The van der Waals surface area contributed by atoms with Crippen molar-refractivity contribution < 1.29 is 4.21 Å². The minimum absolute atomic E-state index is 0.650. The van der Waals surface area contributed by atoms with Crippen LogP contribution in [0.1, 0.15) is 33.1 Å². The second kappa shape index (κ2) is 5.86. The molecule has 0 aromatic rings. The van der Waals surface area contributed by atoms with Gasteiger partial charge in [-0.3, -0.25) is 4.21 Å². The summed E-state index contributed by atoms with van der Waals surface area (Å²) in [6.07, 6.45) is 5.73. The summed E-state index contributed by atoms with van der Waals surface area (Å²) in [5.41, 5.74) is 0. The zero-order valence-corrected chi connectivity index (χ0v) is 10.4. The highest BCUT2D eigenvalue weighted by atomic mass is 32.2. The fourth-order valence-electron chi connectivity index (χ4n) is 2.52. The molecule has 0 spiro atoms. The van der Waals surface area contributed by atoms with Gasteiger partial charge in [0, 0.05) is 35.4 Å². The van der Waals surface area contributed by atoms with E-state index in [-0.39, 0.29) is 0 Å². The van der Waals surface area contributed by atoms with Crippen molar-refractivity contribution in [1.29, 1.82) is 0 Å². The van der Waals surface area contributed by atoms with Gasteiger partial charge < -0.3 is 5.32 Å². The van der Waals surface area contributed by atoms with Gasteiger partial charge in [-0.25, -0.2) is 0 Å². The van der Waals surface area contributed by atoms with Gasteiger partial charge in [-0.1, -0.05) is 13.8 Å². The summed E-state index contributed by atoms with van der Waals surface area (Å²) in [5.74, 6) is 2.49. The molecule has 0 aromatic heterocycles. The average Bonchev–Trinajstić information content (AvgIpc) is 2.01. The predicted molar refractivity (Wildman–Crippen MR) is 62.9 cm³/mol. The van der Waals surface area contributed by atoms with Crippen molar-refractivity contribution in [3.8, 4) is 0 Å². The summed E-state index contributed by atoms with van der Waals surface area (Å²) >= 11 is 0. The maximum atomic E-state index is 10.9. The maximum Gasteiger partial charge on any atom is 0.0357 e. The lowest BCUT2D eigenvalue weighted by Gasteiger charge is -2.32. The molecule has 0 heterocycles. The van der Waals surface area contributed by atoms with Crippen LogP contribution in [0.2, 0.25) is 0 Å². The van der Waals surface area contributed by atoms with Crippen LogP contribution in [0, 0.1) is 11.8 Å². The largest absolute Gasteiger partial charge is 0.313 e. The first-order valence-electron chi connectivity index (χ1n) is 5.61. The van der Waals surface area contributed by atoms with Crippen LogP contribution in [0.15, 0.2) is 0 Å². The van der Waals surface area contributed by atoms with Gasteiger partial charge in [-0.05, 0) is 31.1 Å². The Morgan fingerprint density at radius 1 is 1.21 bits per heavy atom. The molecule has 1 unspecified atom stereocenters. The first-order chi connectivity index (χ1) is 6.58. The molecule has 84 valence electrons. The van der Waals surface area contributed by atoms with E-state index >= 15 is 0 Å². The molecule has 2 nitrogen and oxygen atoms in total. The first-order valence-corrected chi connectivity index (χ1v) is 7.34. The van der Waals surface area contributed by atoms with Crippen molar-refractivity contribution in [2.45, 2.75) is 39.2 Å². The lowest BCUT2D eigenvalue weighted by Crippen LogP contribution is -2.38. The van der Waals surface area contributed by atoms with Crippen LogP contribution in [0.3, 0.4) is 0 Å². The van der Waals surface area contributed by atoms with Crippen molar-refractivity contribution in [2.24, 2.45) is 11.8 Å². The predicted octanol–water partition coefficient (Wildman–Crippen LogP) is 1.78. The highest BCUT2D eigenvalue weighted by molar-refractivity contribution is 7.84. The lowest BCUT2D eigenvalue weighted by molar-refractivity contribution is 0.242. The van der Waals surface area contributed by atoms with Gasteiger partial charge in [-0.2, -0.15) is 0 Å². The summed E-state index contributed by atoms with van der Waals surface area (Å²) in [5, 5.41) is 3.52. The molecular formula is C11H23NOS. The van der Waals surface area contributed by atoms with Crippen LogP contribution >= 0.6 is 0 Å². The van der Waals surface area contributed by atoms with Crippen molar-refractivity contribution in [1.82, 2.24) is 5.32 Å². The van der Waals surface area contributed by atoms with Crippen LogP contribution < -0.4 is 5.32 Å². The standard InChI is InChI=1S/C11H23NOS/c1-9-6-10(2)8-11(7-9)12-4-5-14(3)13/h9-12H,4-8H2,1-3H3/t9-,10+,11?,14-/m1/s1. The molecule has 4 atom stereocenters. The minimum atomic E-state index is -0.650. The summed E-state index contributed by atoms with van der Waals surface area (Å²) in [6, 6.07) is 0.664. The van der Waals surface area contributed by atoms with E-state index in [4.69, 9.17) is 0 Å². The van der Waals surface area contributed by atoms with Gasteiger partial charge in [0.05, 0.1) is 0 Å². The third-order valence-corrected chi connectivity index (χ3v) is 3.78. The molecule has 0 aliphatic heterocycles. The van der Waals surface area contributed by atoms with E-state index in [2.05, 4.69) is 19.2 Å². The molecule has 1 aliphatic rings. The van der Waals surface area contributed by atoms with Crippen LogP contribution in [0.25, 0.3) is 0 Å². The molecule has 1 saturated carbocycles. The molecular weight excluding hydrogens is 194 g/mol. The zero-order chi connectivity index (χ0) is 10.6. The molecule has 0 aromatic carbocycles. The van der Waals surface area contributed by atoms with Crippen molar-refractivity contribution in [3.63, 3.8) is 0 Å². The number of hydrogen-bond donors (Lipinski definition) is 1. The maximum absolute atomic E-state index is 10.9. The summed E-state index contributed by atoms with van der Waals surface area (Å²) in [7, 11) is -0.650. The molecule has 3 heteroatoms. The van der Waals surface area contributed by atoms with Gasteiger partial charge >= 0.3 is 0 Å². The lowest BCUT2D eigenvalue weighted by atomic mass is 9.80. The number of hydrogen-bond acceptors (Lipinski definition) is 2. The topological polar surface area (TPSA) is 29.1 Å². The molecule has 0 bridgehead atoms. The SMILES string of the molecule is C[C@@H]1CC(NCC[S@@](C)=O)C[C@H](C)C1. The summed E-state index contributed by atoms with van der Waals surface area (Å²) < 4.78 is 10.9. The molecule has 1 N–H and O–H groups in total. The zero-order valence-electron chi connectivity index (χ0n) is 9.58. The van der Waals surface area contributed by atoms with Gasteiger partial charge in [0.2, 0.25) is 0 Å². The van der Waals surface area contributed by atoms with E-state index in [9.17, 15) is 4.21 Å². The van der Waals surface area contributed by atoms with Crippen molar-refractivity contribution in [3.05, 3.63) is 0 Å². The monoisotopic (exact) mass is 217 g/mol. The Kier molecular flexibility index (Phi) is 5.10. The minimum Gasteiger partial charge on any atom is -0.313 e. The van der Waals surface area contributed by atoms with Gasteiger partial charge in [-0.15, -0.1) is 0 Å². The van der Waals surface area contributed by atoms with E-state index in [1.54, 1.807) is 6.26 Å². The Morgan fingerprint density at radius 3 is 2.29 bits per heavy atom. The van der Waals surface area contributed by atoms with E-state index in [1.807, 2.05) is 0 Å². The Bertz CT molecular complexity index is 186. The Morgan fingerprint density at radius 2 is 1.79 bits per heavy atom. The molecule has 1 rings (SSSR count). The highest BCUT2D eigenvalue weighted by Gasteiger charge is 2.23. The van der Waals surface area contributed by atoms with E-state index in [1.165, 1.54) is 19.3 Å². The summed E-state index contributed by atoms with van der Waals surface area (Å²) in [4.78, 5) is 0. The van der Waals surface area contributed by atoms with Crippen LogP contribution in [-0.4, -0.2) is 28.8 Å². The normalized spacial score (nSPS) is 35.5. The molecule has 0 radical (unpaired) electrons. The Hall–Kier alpha value is 0.110. The van der Waals surface area contributed by atoms with Gasteiger partial charge in [0.15, 0.2) is 0 Å². The quantitative estimate of drug-likeness (QED) is 0.778. The van der Waals surface area contributed by atoms with Crippen LogP contribution in [-0.2, 0) is 10.8 Å². The molecule has 1 aliphatic carbocycles. The summed E-state index contributed by atoms with van der Waals surface area (Å²) in [6.45, 7) is 5.58. The van der Waals surface area contributed by atoms with E-state index in [0.717, 1.165) is 24.1 Å². The average molecular weight is 217 g/mol. The third-order valence-electron chi connectivity index (χ3n) is 3.00. The Labute approximate surface area is 90.3 Å².